The van der Waals surface area contributed by atoms with Crippen LogP contribution in [0.25, 0.3) is 0 Å². The maximum atomic E-state index is 11.5. The normalized spacial score (nSPS) is 11.5. The molecule has 0 spiro atoms. The molecule has 0 bridgehead atoms. The van der Waals surface area contributed by atoms with Gasteiger partial charge in [-0.05, 0) is 37.1 Å². The van der Waals surface area contributed by atoms with Gasteiger partial charge in [0.1, 0.15) is 11.5 Å². The van der Waals surface area contributed by atoms with Crippen molar-refractivity contribution in [3.05, 3.63) is 24.3 Å². The molecule has 2 N–H and O–H groups in total. The number of hydrogen-bond donors (Lipinski definition) is 2. The van der Waals surface area contributed by atoms with Crippen molar-refractivity contribution in [2.75, 3.05) is 20.3 Å². The van der Waals surface area contributed by atoms with Crippen LogP contribution in [0.2, 0.25) is 0 Å². The Bertz CT molecular complexity index is 458. The first-order chi connectivity index (χ1) is 10.0. The predicted molar refractivity (Wildman–Crippen MR) is 77.5 cm³/mol. The van der Waals surface area contributed by atoms with Gasteiger partial charge in [0.05, 0.1) is 13.0 Å². The van der Waals surface area contributed by atoms with Gasteiger partial charge in [0.2, 0.25) is 0 Å². The van der Waals surface area contributed by atoms with Gasteiger partial charge < -0.3 is 19.9 Å². The van der Waals surface area contributed by atoms with Gasteiger partial charge in [0.15, 0.2) is 6.61 Å². The zero-order chi connectivity index (χ0) is 15.7. The number of nitrogens with one attached hydrogen (secondary N) is 1. The fraction of sp³-hybridized carbons (Fsp3) is 0.467. The zero-order valence-electron chi connectivity index (χ0n) is 12.3. The van der Waals surface area contributed by atoms with Crippen LogP contribution in [-0.2, 0) is 9.59 Å². The van der Waals surface area contributed by atoms with Crippen LogP contribution >= 0.6 is 0 Å². The lowest BCUT2D eigenvalue weighted by Gasteiger charge is -2.09. The highest BCUT2D eigenvalue weighted by molar-refractivity contribution is 5.77. The molecule has 1 aromatic rings. The highest BCUT2D eigenvalue weighted by Crippen LogP contribution is 2.16. The Morgan fingerprint density at radius 3 is 2.43 bits per heavy atom. The summed E-state index contributed by atoms with van der Waals surface area (Å²) in [4.78, 5) is 22.2. The molecule has 1 unspecified atom stereocenters. The van der Waals surface area contributed by atoms with Gasteiger partial charge in [-0.2, -0.15) is 0 Å². The minimum atomic E-state index is -0.816. The van der Waals surface area contributed by atoms with Crippen molar-refractivity contribution in [1.82, 2.24) is 5.32 Å². The number of benzene rings is 1. The van der Waals surface area contributed by atoms with E-state index in [2.05, 4.69) is 5.32 Å². The third-order valence-corrected chi connectivity index (χ3v) is 2.99. The van der Waals surface area contributed by atoms with Crippen molar-refractivity contribution < 1.29 is 24.2 Å². The molecule has 116 valence electrons. The molecule has 1 atom stereocenters. The van der Waals surface area contributed by atoms with Gasteiger partial charge >= 0.3 is 5.97 Å². The van der Waals surface area contributed by atoms with Gasteiger partial charge in [-0.15, -0.1) is 0 Å². The third-order valence-electron chi connectivity index (χ3n) is 2.99. The molecule has 21 heavy (non-hydrogen) atoms. The van der Waals surface area contributed by atoms with E-state index < -0.39 is 11.9 Å². The minimum Gasteiger partial charge on any atom is -0.497 e. The molecule has 0 heterocycles. The van der Waals surface area contributed by atoms with Crippen LogP contribution in [0.5, 0.6) is 11.5 Å². The van der Waals surface area contributed by atoms with E-state index in [4.69, 9.17) is 14.6 Å². The van der Waals surface area contributed by atoms with Crippen LogP contribution in [0.4, 0.5) is 0 Å². The zero-order valence-corrected chi connectivity index (χ0v) is 12.3. The van der Waals surface area contributed by atoms with Gasteiger partial charge in [-0.25, -0.2) is 0 Å². The minimum absolute atomic E-state index is 0.0686. The largest absolute Gasteiger partial charge is 0.497 e. The maximum absolute atomic E-state index is 11.5. The highest BCUT2D eigenvalue weighted by atomic mass is 16.5. The summed E-state index contributed by atoms with van der Waals surface area (Å²) < 4.78 is 10.3. The van der Waals surface area contributed by atoms with Crippen molar-refractivity contribution in [3.63, 3.8) is 0 Å². The first-order valence-electron chi connectivity index (χ1n) is 6.79. The van der Waals surface area contributed by atoms with Crippen LogP contribution in [-0.4, -0.2) is 37.2 Å². The molecule has 0 saturated heterocycles. The molecular weight excluding hydrogens is 274 g/mol. The number of carbonyl (C=O) groups excluding carboxylic acids is 1. The summed E-state index contributed by atoms with van der Waals surface area (Å²) in [5.74, 6) is -0.125. The number of carboxylic acid groups (broad SMARTS) is 1. The highest BCUT2D eigenvalue weighted by Gasteiger charge is 2.10. The second kappa shape index (κ2) is 8.84. The van der Waals surface area contributed by atoms with Crippen molar-refractivity contribution in [2.24, 2.45) is 5.92 Å². The van der Waals surface area contributed by atoms with E-state index in [0.29, 0.717) is 25.1 Å². The lowest BCUT2D eigenvalue weighted by atomic mass is 10.1. The summed E-state index contributed by atoms with van der Waals surface area (Å²) in [5, 5.41) is 11.4. The molecule has 6 nitrogen and oxygen atoms in total. The summed E-state index contributed by atoms with van der Waals surface area (Å²) in [7, 11) is 1.58. The third kappa shape index (κ3) is 6.65. The molecular formula is C15H21NO5. The number of carboxylic acids is 1. The summed E-state index contributed by atoms with van der Waals surface area (Å²) in [5.41, 5.74) is 0. The molecule has 0 aliphatic heterocycles. The molecule has 0 aliphatic rings. The van der Waals surface area contributed by atoms with E-state index in [-0.39, 0.29) is 12.5 Å². The fourth-order valence-electron chi connectivity index (χ4n) is 1.63. The van der Waals surface area contributed by atoms with Gasteiger partial charge in [0.25, 0.3) is 5.91 Å². The van der Waals surface area contributed by atoms with E-state index in [0.717, 1.165) is 5.75 Å². The predicted octanol–water partition coefficient (Wildman–Crippen LogP) is 1.69. The quantitative estimate of drug-likeness (QED) is 0.677. The number of rotatable bonds is 9. The lowest BCUT2D eigenvalue weighted by molar-refractivity contribution is -0.141. The average Bonchev–Trinajstić information content (AvgIpc) is 2.49. The molecule has 1 aromatic carbocycles. The van der Waals surface area contributed by atoms with Crippen molar-refractivity contribution >= 4 is 11.9 Å². The molecule has 0 radical (unpaired) electrons. The van der Waals surface area contributed by atoms with E-state index in [1.54, 1.807) is 38.3 Å². The Morgan fingerprint density at radius 2 is 1.86 bits per heavy atom. The Morgan fingerprint density at radius 1 is 1.24 bits per heavy atom. The van der Waals surface area contributed by atoms with Crippen molar-refractivity contribution in [1.29, 1.82) is 0 Å². The second-order valence-electron chi connectivity index (χ2n) is 4.70. The van der Waals surface area contributed by atoms with Crippen molar-refractivity contribution in [2.45, 2.75) is 19.8 Å². The van der Waals surface area contributed by atoms with Crippen LogP contribution in [0.1, 0.15) is 19.8 Å². The first-order valence-corrected chi connectivity index (χ1v) is 6.79. The smallest absolute Gasteiger partial charge is 0.306 e. The fourth-order valence-corrected chi connectivity index (χ4v) is 1.63. The molecule has 1 amide bonds. The van der Waals surface area contributed by atoms with Crippen molar-refractivity contribution in [3.8, 4) is 11.5 Å². The number of ether oxygens (including phenoxy) is 2. The standard InChI is InChI=1S/C15H21NO5/c1-11(15(18)19)4-3-9-16-14(17)10-21-13-7-5-12(20-2)6-8-13/h5-8,11H,3-4,9-10H2,1-2H3,(H,16,17)(H,18,19). The average molecular weight is 295 g/mol. The monoisotopic (exact) mass is 295 g/mol. The van der Waals surface area contributed by atoms with Crippen LogP contribution in [0.3, 0.4) is 0 Å². The Labute approximate surface area is 124 Å². The number of methoxy groups -OCH3 is 1. The molecule has 0 fully saturated rings. The number of aliphatic carboxylic acids is 1. The topological polar surface area (TPSA) is 84.9 Å². The summed E-state index contributed by atoms with van der Waals surface area (Å²) in [6.07, 6.45) is 1.16. The Kier molecular flexibility index (Phi) is 7.08. The van der Waals surface area contributed by atoms with Gasteiger partial charge in [-0.1, -0.05) is 6.92 Å². The summed E-state index contributed by atoms with van der Waals surface area (Å²) >= 11 is 0. The molecule has 0 saturated carbocycles. The second-order valence-corrected chi connectivity index (χ2v) is 4.70. The van der Waals surface area contributed by atoms with Gasteiger partial charge in [-0.3, -0.25) is 9.59 Å². The first kappa shape index (κ1) is 16.8. The summed E-state index contributed by atoms with van der Waals surface area (Å²) in [6.45, 7) is 2.03. The number of amides is 1. The molecule has 1 rings (SSSR count). The maximum Gasteiger partial charge on any atom is 0.306 e. The number of carbonyl (C=O) groups is 2. The molecule has 0 aromatic heterocycles. The van der Waals surface area contributed by atoms with E-state index >= 15 is 0 Å². The van der Waals surface area contributed by atoms with Crippen LogP contribution in [0.15, 0.2) is 24.3 Å². The molecule has 0 aliphatic carbocycles. The van der Waals surface area contributed by atoms with Crippen LogP contribution < -0.4 is 14.8 Å². The summed E-state index contributed by atoms with van der Waals surface area (Å²) in [6, 6.07) is 6.95. The lowest BCUT2D eigenvalue weighted by Crippen LogP contribution is -2.30. The van der Waals surface area contributed by atoms with E-state index in [9.17, 15) is 9.59 Å². The van der Waals surface area contributed by atoms with Gasteiger partial charge in [0, 0.05) is 6.54 Å². The number of hydrogen-bond acceptors (Lipinski definition) is 4. The Balaban J connectivity index is 2.17. The van der Waals surface area contributed by atoms with E-state index in [1.807, 2.05) is 0 Å². The van der Waals surface area contributed by atoms with E-state index in [1.165, 1.54) is 0 Å². The molecule has 6 heteroatoms. The SMILES string of the molecule is COc1ccc(OCC(=O)NCCCC(C)C(=O)O)cc1. The van der Waals surface area contributed by atoms with Crippen LogP contribution in [0, 0.1) is 5.92 Å². The Hall–Kier alpha value is -2.24.